The van der Waals surface area contributed by atoms with Gasteiger partial charge in [0.05, 0.1) is 0 Å². The third kappa shape index (κ3) is 1.80. The first-order chi connectivity index (χ1) is 5.10. The van der Waals surface area contributed by atoms with Gasteiger partial charge in [0, 0.05) is 15.6 Å². The number of rotatable bonds is 3. The predicted molar refractivity (Wildman–Crippen MR) is 57.6 cm³/mol. The average molecular weight is 192 g/mol. The fourth-order valence-corrected chi connectivity index (χ4v) is 8.03. The summed E-state index contributed by atoms with van der Waals surface area (Å²) < 4.78 is 2.45. The second-order valence-electron chi connectivity index (χ2n) is 3.47. The van der Waals surface area contributed by atoms with Gasteiger partial charge in [-0.05, 0) is 31.1 Å². The van der Waals surface area contributed by atoms with Crippen molar-refractivity contribution in [1.82, 2.24) is 4.31 Å². The quantitative estimate of drug-likeness (QED) is 0.656. The average Bonchev–Trinajstić information content (AvgIpc) is 1.97. The molecular formula is C7H20N2SSi. The van der Waals surface area contributed by atoms with Crippen LogP contribution in [0.4, 0.5) is 0 Å². The van der Waals surface area contributed by atoms with E-state index < -0.39 is 10.4 Å². The van der Waals surface area contributed by atoms with Crippen LogP contribution in [0, 0.1) is 0 Å². The van der Waals surface area contributed by atoms with E-state index in [9.17, 15) is 0 Å². The summed E-state index contributed by atoms with van der Waals surface area (Å²) in [6.07, 6.45) is 1.23. The molecule has 0 aromatic heterocycles. The molecule has 0 saturated carbocycles. The zero-order valence-corrected chi connectivity index (χ0v) is 10.1. The third-order valence-corrected chi connectivity index (χ3v) is 12.3. The summed E-state index contributed by atoms with van der Waals surface area (Å²) in [4.78, 5) is 0. The fraction of sp³-hybridized carbons (Fsp3) is 1.00. The number of nitrogens with two attached hydrogens (primary N) is 1. The van der Waals surface area contributed by atoms with Crippen LogP contribution in [0.15, 0.2) is 0 Å². The molecule has 0 aliphatic carbocycles. The number of nitrogens with zero attached hydrogens (tertiary/aromatic N) is 1. The molecule has 0 spiro atoms. The smallest absolute Gasteiger partial charge is 0.0454 e. The second-order valence-corrected chi connectivity index (χ2v) is 9.82. The normalized spacial score (nSPS) is 41.5. The van der Waals surface area contributed by atoms with Gasteiger partial charge in [0.2, 0.25) is 0 Å². The molecule has 1 fully saturated rings. The van der Waals surface area contributed by atoms with Crippen molar-refractivity contribution >= 4 is 19.9 Å². The first-order valence-electron chi connectivity index (χ1n) is 4.39. The van der Waals surface area contributed by atoms with Crippen LogP contribution in [0.3, 0.4) is 0 Å². The standard InChI is InChI=1S/C7H20N2SSi/c1-4-7(2)9(3)10(8)5-11-6-10/h7H,4-6,8,11H2,1-3H3. The summed E-state index contributed by atoms with van der Waals surface area (Å²) in [7, 11) is 1.76. The van der Waals surface area contributed by atoms with Crippen molar-refractivity contribution in [1.29, 1.82) is 0 Å². The van der Waals surface area contributed by atoms with Gasteiger partial charge in [-0.3, -0.25) is 9.44 Å². The van der Waals surface area contributed by atoms with Gasteiger partial charge in [-0.1, -0.05) is 6.92 Å². The summed E-state index contributed by atoms with van der Waals surface area (Å²) >= 11 is 0. The lowest BCUT2D eigenvalue weighted by atomic mass is 10.3. The maximum Gasteiger partial charge on any atom is 0.0454 e. The largest absolute Gasteiger partial charge is 0.284 e. The van der Waals surface area contributed by atoms with Crippen molar-refractivity contribution in [3.05, 3.63) is 0 Å². The van der Waals surface area contributed by atoms with Crippen molar-refractivity contribution < 1.29 is 0 Å². The Morgan fingerprint density at radius 2 is 2.18 bits per heavy atom. The summed E-state index contributed by atoms with van der Waals surface area (Å²) in [6, 6.07) is 0.685. The van der Waals surface area contributed by atoms with Crippen LogP contribution in [0.2, 0.25) is 0 Å². The van der Waals surface area contributed by atoms with Gasteiger partial charge in [-0.2, -0.15) is 0 Å². The lowest BCUT2D eigenvalue weighted by Gasteiger charge is -2.52. The molecule has 0 aromatic rings. The Hall–Kier alpha value is 0.487. The van der Waals surface area contributed by atoms with E-state index in [2.05, 4.69) is 25.2 Å². The minimum Gasteiger partial charge on any atom is -0.284 e. The third-order valence-electron chi connectivity index (χ3n) is 2.78. The van der Waals surface area contributed by atoms with Gasteiger partial charge in [-0.25, -0.2) is 0 Å². The molecule has 1 unspecified atom stereocenters. The van der Waals surface area contributed by atoms with Crippen molar-refractivity contribution in [3.63, 3.8) is 0 Å². The zero-order valence-electron chi connectivity index (χ0n) is 7.84. The van der Waals surface area contributed by atoms with E-state index in [4.69, 9.17) is 5.14 Å². The molecule has 0 radical (unpaired) electrons. The minimum absolute atomic E-state index is 0.289. The van der Waals surface area contributed by atoms with Crippen LogP contribution < -0.4 is 5.14 Å². The maximum atomic E-state index is 6.27. The van der Waals surface area contributed by atoms with E-state index >= 15 is 0 Å². The van der Waals surface area contributed by atoms with E-state index in [0.29, 0.717) is 6.04 Å². The van der Waals surface area contributed by atoms with E-state index in [0.717, 1.165) is 0 Å². The fourth-order valence-electron chi connectivity index (χ4n) is 1.34. The van der Waals surface area contributed by atoms with Gasteiger partial charge >= 0.3 is 0 Å². The SMILES string of the molecule is CCC(C)N(C)S1(N)C[SiH2]C1. The highest BCUT2D eigenvalue weighted by molar-refractivity contribution is 8.34. The molecule has 2 nitrogen and oxygen atoms in total. The second kappa shape index (κ2) is 3.47. The predicted octanol–water partition coefficient (Wildman–Crippen LogP) is 0.407. The van der Waals surface area contributed by atoms with Crippen LogP contribution in [0.25, 0.3) is 0 Å². The van der Waals surface area contributed by atoms with E-state index in [1.165, 1.54) is 17.2 Å². The van der Waals surface area contributed by atoms with Crippen molar-refractivity contribution in [2.24, 2.45) is 5.14 Å². The molecule has 68 valence electrons. The molecule has 1 rings (SSSR count). The molecule has 0 aromatic carbocycles. The Morgan fingerprint density at radius 1 is 1.64 bits per heavy atom. The van der Waals surface area contributed by atoms with E-state index in [-0.39, 0.29) is 9.52 Å². The number of hydrogen-bond donors (Lipinski definition) is 1. The van der Waals surface area contributed by atoms with Gasteiger partial charge < -0.3 is 0 Å². The summed E-state index contributed by atoms with van der Waals surface area (Å²) in [5, 5.41) is 9.06. The first-order valence-corrected chi connectivity index (χ1v) is 8.38. The van der Waals surface area contributed by atoms with E-state index in [1.54, 1.807) is 0 Å². The van der Waals surface area contributed by atoms with Gasteiger partial charge in [0.15, 0.2) is 0 Å². The van der Waals surface area contributed by atoms with Crippen molar-refractivity contribution in [3.8, 4) is 0 Å². The topological polar surface area (TPSA) is 29.3 Å². The highest BCUT2D eigenvalue weighted by Gasteiger charge is 2.33. The van der Waals surface area contributed by atoms with Crippen LogP contribution in [0.5, 0.6) is 0 Å². The molecular weight excluding hydrogens is 172 g/mol. The Balaban J connectivity index is 2.45. The summed E-state index contributed by atoms with van der Waals surface area (Å²) in [5.41, 5.74) is 0. The number of hydrogen-bond acceptors (Lipinski definition) is 2. The molecule has 2 N–H and O–H groups in total. The molecule has 1 aliphatic heterocycles. The lowest BCUT2D eigenvalue weighted by Crippen LogP contribution is -2.49. The molecule has 1 saturated heterocycles. The molecule has 0 bridgehead atoms. The summed E-state index contributed by atoms with van der Waals surface area (Å²) in [5.74, 6) is 0. The highest BCUT2D eigenvalue weighted by Crippen LogP contribution is 2.49. The van der Waals surface area contributed by atoms with Gasteiger partial charge in [0.1, 0.15) is 0 Å². The molecule has 4 heteroatoms. The highest BCUT2D eigenvalue weighted by atomic mass is 32.3. The van der Waals surface area contributed by atoms with Gasteiger partial charge in [-0.15, -0.1) is 10.4 Å². The Labute approximate surface area is 73.9 Å². The Kier molecular flexibility index (Phi) is 3.02. The van der Waals surface area contributed by atoms with Crippen molar-refractivity contribution in [2.75, 3.05) is 17.8 Å². The van der Waals surface area contributed by atoms with Gasteiger partial charge in [0.25, 0.3) is 0 Å². The molecule has 1 heterocycles. The molecule has 1 atom stereocenters. The van der Waals surface area contributed by atoms with E-state index in [1.807, 2.05) is 0 Å². The molecule has 1 aliphatic rings. The first kappa shape index (κ1) is 9.57. The molecule has 0 amide bonds. The monoisotopic (exact) mass is 192 g/mol. The zero-order chi connectivity index (χ0) is 8.48. The van der Waals surface area contributed by atoms with Crippen molar-refractivity contribution in [2.45, 2.75) is 26.3 Å². The van der Waals surface area contributed by atoms with Crippen LogP contribution in [-0.2, 0) is 0 Å². The van der Waals surface area contributed by atoms with Crippen LogP contribution in [0.1, 0.15) is 20.3 Å². The van der Waals surface area contributed by atoms with Crippen LogP contribution in [-0.4, -0.2) is 37.7 Å². The minimum atomic E-state index is -0.734. The maximum absolute atomic E-state index is 6.27. The lowest BCUT2D eigenvalue weighted by molar-refractivity contribution is 0.414. The van der Waals surface area contributed by atoms with Crippen LogP contribution >= 0.6 is 10.4 Å². The summed E-state index contributed by atoms with van der Waals surface area (Å²) in [6.45, 7) is 4.52. The molecule has 11 heavy (non-hydrogen) atoms. The Morgan fingerprint density at radius 3 is 2.45 bits per heavy atom. The Bertz CT molecular complexity index is 138.